The zero-order valence-electron chi connectivity index (χ0n) is 38.4. The van der Waals surface area contributed by atoms with Gasteiger partial charge in [0.25, 0.3) is 0 Å². The molecule has 0 fully saturated rings. The second-order valence-electron chi connectivity index (χ2n) is 17.9. The normalized spacial score (nSPS) is 13.2. The molecule has 55 heavy (non-hydrogen) atoms. The number of rotatable bonds is 48. The maximum Gasteiger partial charge on any atom is 0.346 e. The summed E-state index contributed by atoms with van der Waals surface area (Å²) in [4.78, 5) is 0. The highest BCUT2D eigenvalue weighted by Gasteiger charge is 2.44. The van der Waals surface area contributed by atoms with E-state index >= 15 is 0 Å². The summed E-state index contributed by atoms with van der Waals surface area (Å²) in [6, 6.07) is 0. The fraction of sp³-hybridized carbons (Fsp3) is 1.00. The quantitative estimate of drug-likeness (QED) is 0.0378. The standard InChI is InChI=1S/C50H103O3PS/c1-5-8-11-14-17-20-23-26-29-32-35-38-41-44-47-50(4,55)54(51,52-48-45-42-39-36-33-30-27-24-21-18-15-12-9-6-2)53-49-46-43-40-37-34-31-28-25-22-19-16-13-10-7-3/h55H,5-49H2,1-4H3. The lowest BCUT2D eigenvalue weighted by molar-refractivity contribution is 0.187. The summed E-state index contributed by atoms with van der Waals surface area (Å²) in [6.45, 7) is 9.97. The van der Waals surface area contributed by atoms with Crippen molar-refractivity contribution < 1.29 is 13.6 Å². The molecule has 0 amide bonds. The first-order valence-corrected chi connectivity index (χ1v) is 27.5. The Bertz CT molecular complexity index is 736. The first-order chi connectivity index (χ1) is 26.9. The van der Waals surface area contributed by atoms with Gasteiger partial charge in [0, 0.05) is 0 Å². The Morgan fingerprint density at radius 2 is 0.509 bits per heavy atom. The van der Waals surface area contributed by atoms with Crippen molar-refractivity contribution in [1.82, 2.24) is 0 Å². The number of thiol groups is 1. The third kappa shape index (κ3) is 38.5. The molecule has 0 bridgehead atoms. The third-order valence-electron chi connectivity index (χ3n) is 12.1. The zero-order valence-corrected chi connectivity index (χ0v) is 40.2. The molecule has 0 N–H and O–H groups in total. The topological polar surface area (TPSA) is 35.5 Å². The lowest BCUT2D eigenvalue weighted by Crippen LogP contribution is -2.21. The van der Waals surface area contributed by atoms with Crippen LogP contribution in [0.1, 0.15) is 304 Å². The predicted octanol–water partition coefficient (Wildman–Crippen LogP) is 19.7. The van der Waals surface area contributed by atoms with Gasteiger partial charge >= 0.3 is 7.60 Å². The van der Waals surface area contributed by atoms with Gasteiger partial charge < -0.3 is 9.05 Å². The molecule has 0 heterocycles. The zero-order chi connectivity index (χ0) is 40.2. The van der Waals surface area contributed by atoms with E-state index in [0.717, 1.165) is 38.5 Å². The summed E-state index contributed by atoms with van der Waals surface area (Å²) in [5.74, 6) is 0. The van der Waals surface area contributed by atoms with E-state index < -0.39 is 12.1 Å². The van der Waals surface area contributed by atoms with Crippen molar-refractivity contribution >= 4 is 20.2 Å². The molecule has 0 aromatic heterocycles. The van der Waals surface area contributed by atoms with E-state index in [-0.39, 0.29) is 0 Å². The van der Waals surface area contributed by atoms with Crippen LogP contribution in [0.2, 0.25) is 0 Å². The highest BCUT2D eigenvalue weighted by Crippen LogP contribution is 2.64. The van der Waals surface area contributed by atoms with Gasteiger partial charge in [0.2, 0.25) is 0 Å². The molecule has 0 aliphatic carbocycles. The van der Waals surface area contributed by atoms with Crippen LogP contribution in [0.3, 0.4) is 0 Å². The van der Waals surface area contributed by atoms with Gasteiger partial charge in [-0.25, -0.2) is 0 Å². The highest BCUT2D eigenvalue weighted by molar-refractivity contribution is 7.91. The minimum absolute atomic E-state index is 0.531. The van der Waals surface area contributed by atoms with Gasteiger partial charge in [-0.05, 0) is 26.2 Å². The van der Waals surface area contributed by atoms with E-state index in [0.29, 0.717) is 13.2 Å². The minimum atomic E-state index is -3.32. The highest BCUT2D eigenvalue weighted by atomic mass is 32.1. The fourth-order valence-corrected chi connectivity index (χ4v) is 10.4. The molecule has 332 valence electrons. The van der Waals surface area contributed by atoms with Crippen LogP contribution < -0.4 is 0 Å². The number of hydrogen-bond acceptors (Lipinski definition) is 4. The van der Waals surface area contributed by atoms with Crippen LogP contribution in [0.5, 0.6) is 0 Å². The van der Waals surface area contributed by atoms with Crippen molar-refractivity contribution in [2.45, 2.75) is 308 Å². The molecule has 0 aromatic rings. The van der Waals surface area contributed by atoms with Crippen LogP contribution >= 0.6 is 20.2 Å². The summed E-state index contributed by atoms with van der Waals surface area (Å²) in [7, 11) is -3.32. The molecule has 0 aromatic carbocycles. The van der Waals surface area contributed by atoms with E-state index in [4.69, 9.17) is 21.7 Å². The molecule has 0 saturated heterocycles. The van der Waals surface area contributed by atoms with Gasteiger partial charge in [0.15, 0.2) is 0 Å². The first kappa shape index (κ1) is 55.5. The van der Waals surface area contributed by atoms with Crippen molar-refractivity contribution in [1.29, 1.82) is 0 Å². The van der Waals surface area contributed by atoms with Crippen molar-refractivity contribution in [2.75, 3.05) is 13.2 Å². The Morgan fingerprint density at radius 3 is 0.727 bits per heavy atom. The van der Waals surface area contributed by atoms with E-state index in [9.17, 15) is 4.57 Å². The molecular weight excluding hydrogens is 712 g/mol. The average Bonchev–Trinajstić information content (AvgIpc) is 3.18. The molecular formula is C50H103O3PS. The molecule has 0 radical (unpaired) electrons. The van der Waals surface area contributed by atoms with Gasteiger partial charge in [-0.1, -0.05) is 278 Å². The second-order valence-corrected chi connectivity index (χ2v) is 21.8. The fourth-order valence-electron chi connectivity index (χ4n) is 8.07. The van der Waals surface area contributed by atoms with Crippen LogP contribution in [0.15, 0.2) is 0 Å². The van der Waals surface area contributed by atoms with Gasteiger partial charge in [0.1, 0.15) is 4.49 Å². The molecule has 0 aliphatic rings. The van der Waals surface area contributed by atoms with E-state index in [1.165, 1.54) is 238 Å². The maximum atomic E-state index is 14.3. The largest absolute Gasteiger partial charge is 0.346 e. The molecule has 0 aliphatic heterocycles. The van der Waals surface area contributed by atoms with Crippen molar-refractivity contribution in [3.05, 3.63) is 0 Å². The van der Waals surface area contributed by atoms with Gasteiger partial charge in [-0.15, -0.1) is 0 Å². The second kappa shape index (κ2) is 44.1. The molecule has 5 heteroatoms. The van der Waals surface area contributed by atoms with E-state index in [1.807, 2.05) is 6.92 Å². The van der Waals surface area contributed by atoms with Crippen molar-refractivity contribution in [2.24, 2.45) is 0 Å². The van der Waals surface area contributed by atoms with Crippen LogP contribution in [-0.4, -0.2) is 17.7 Å². The summed E-state index contributed by atoms with van der Waals surface area (Å²) in [6.07, 6.45) is 57.0. The Labute approximate surface area is 353 Å². The molecule has 3 nitrogen and oxygen atoms in total. The summed E-state index contributed by atoms with van der Waals surface area (Å²) in [5, 5.41) is 0. The molecule has 0 saturated carbocycles. The molecule has 0 spiro atoms. The van der Waals surface area contributed by atoms with E-state index in [1.54, 1.807) is 0 Å². The predicted molar refractivity (Wildman–Crippen MR) is 252 cm³/mol. The van der Waals surface area contributed by atoms with Gasteiger partial charge in [-0.3, -0.25) is 4.57 Å². The smallest absolute Gasteiger partial charge is 0.308 e. The summed E-state index contributed by atoms with van der Waals surface area (Å²) < 4.78 is 26.1. The Hall–Kier alpha value is 0.500. The summed E-state index contributed by atoms with van der Waals surface area (Å²) in [5.41, 5.74) is 0. The van der Waals surface area contributed by atoms with Crippen LogP contribution in [0.4, 0.5) is 0 Å². The summed E-state index contributed by atoms with van der Waals surface area (Å²) >= 11 is 5.03. The lowest BCUT2D eigenvalue weighted by atomic mass is 10.0. The SMILES string of the molecule is CCCCCCCCCCCCCCCCOP(=O)(OCCCCCCCCCCCCCCCC)C(C)(S)CCCCCCCCCCCCCCCC. The minimum Gasteiger partial charge on any atom is -0.308 e. The monoisotopic (exact) mass is 815 g/mol. The van der Waals surface area contributed by atoms with E-state index in [2.05, 4.69) is 20.8 Å². The van der Waals surface area contributed by atoms with Crippen LogP contribution in [0.25, 0.3) is 0 Å². The molecule has 1 atom stereocenters. The molecule has 1 unspecified atom stereocenters. The van der Waals surface area contributed by atoms with Crippen LogP contribution in [-0.2, 0) is 13.6 Å². The maximum absolute atomic E-state index is 14.3. The van der Waals surface area contributed by atoms with Gasteiger partial charge in [0.05, 0.1) is 13.2 Å². The average molecular weight is 815 g/mol. The number of unbranched alkanes of at least 4 members (excludes halogenated alkanes) is 39. The number of hydrogen-bond donors (Lipinski definition) is 1. The van der Waals surface area contributed by atoms with Gasteiger partial charge in [-0.2, -0.15) is 12.6 Å². The Kier molecular flexibility index (Phi) is 44.5. The van der Waals surface area contributed by atoms with Crippen molar-refractivity contribution in [3.63, 3.8) is 0 Å². The van der Waals surface area contributed by atoms with Crippen molar-refractivity contribution in [3.8, 4) is 0 Å². The van der Waals surface area contributed by atoms with Crippen LogP contribution in [0, 0.1) is 0 Å². The molecule has 0 rings (SSSR count). The lowest BCUT2D eigenvalue weighted by Gasteiger charge is -2.32. The first-order valence-electron chi connectivity index (χ1n) is 25.5. The Morgan fingerprint density at radius 1 is 0.327 bits per heavy atom. The third-order valence-corrected chi connectivity index (χ3v) is 15.5. The Balaban J connectivity index is 4.35.